The van der Waals surface area contributed by atoms with Gasteiger partial charge in [0.2, 0.25) is 0 Å². The normalized spacial score (nSPS) is 16.4. The van der Waals surface area contributed by atoms with Gasteiger partial charge in [0.05, 0.1) is 11.5 Å². The van der Waals surface area contributed by atoms with Crippen molar-refractivity contribution in [3.63, 3.8) is 0 Å². The Bertz CT molecular complexity index is 983. The lowest BCUT2D eigenvalue weighted by atomic mass is 9.97. The van der Waals surface area contributed by atoms with Gasteiger partial charge in [0.25, 0.3) is 5.69 Å². The predicted octanol–water partition coefficient (Wildman–Crippen LogP) is 5.79. The molecule has 0 spiro atoms. The van der Waals surface area contributed by atoms with Gasteiger partial charge in [-0.05, 0) is 63.3 Å². The summed E-state index contributed by atoms with van der Waals surface area (Å²) >= 11 is 0. The summed E-state index contributed by atoms with van der Waals surface area (Å²) < 4.78 is 31.2. The zero-order valence-corrected chi connectivity index (χ0v) is 18.4. The average Bonchev–Trinajstić information content (AvgIpc) is 2.72. The Labute approximate surface area is 185 Å². The van der Waals surface area contributed by atoms with E-state index in [0.717, 1.165) is 19.3 Å². The fourth-order valence-corrected chi connectivity index (χ4v) is 3.37. The first-order valence-electron chi connectivity index (χ1n) is 10.4. The maximum Gasteiger partial charge on any atom is 0.412 e. The highest BCUT2D eigenvalue weighted by atomic mass is 19.1. The van der Waals surface area contributed by atoms with Gasteiger partial charge in [0.15, 0.2) is 6.29 Å². The molecule has 1 unspecified atom stereocenters. The van der Waals surface area contributed by atoms with Crippen LogP contribution in [0.1, 0.15) is 45.6 Å². The van der Waals surface area contributed by atoms with E-state index in [1.807, 2.05) is 0 Å². The Hall–Kier alpha value is -3.04. The van der Waals surface area contributed by atoms with E-state index < -0.39 is 28.7 Å². The molecule has 1 fully saturated rings. The van der Waals surface area contributed by atoms with Gasteiger partial charge < -0.3 is 14.2 Å². The number of nitrogens with one attached hydrogen (secondary N) is 1. The Morgan fingerprint density at radius 3 is 2.62 bits per heavy atom. The van der Waals surface area contributed by atoms with Gasteiger partial charge in [-0.2, -0.15) is 0 Å². The Kier molecular flexibility index (Phi) is 7.42. The van der Waals surface area contributed by atoms with Crippen molar-refractivity contribution in [1.82, 2.24) is 0 Å². The van der Waals surface area contributed by atoms with Crippen molar-refractivity contribution in [2.45, 2.75) is 58.5 Å². The minimum absolute atomic E-state index is 0.0231. The average molecular weight is 446 g/mol. The van der Waals surface area contributed by atoms with Crippen molar-refractivity contribution in [3.05, 3.63) is 57.9 Å². The Morgan fingerprint density at radius 1 is 1.25 bits per heavy atom. The standard InChI is InChI=1S/C23H27FN2O6/c1-23(2,3)32-22(27)25-19-12-15(14-31-21-10-6-7-11-30-21)17(13-20(19)26(28)29)16-8-4-5-9-18(16)24/h4-5,8-9,12-13,21H,6-7,10-11,14H2,1-3H3,(H,25,27). The molecule has 0 radical (unpaired) electrons. The van der Waals surface area contributed by atoms with Crippen LogP contribution in [0.2, 0.25) is 0 Å². The fraction of sp³-hybridized carbons (Fsp3) is 0.435. The molecule has 1 N–H and O–H groups in total. The second-order valence-corrected chi connectivity index (χ2v) is 8.50. The van der Waals surface area contributed by atoms with Crippen molar-refractivity contribution < 1.29 is 28.3 Å². The van der Waals surface area contributed by atoms with Crippen LogP contribution in [0.3, 0.4) is 0 Å². The van der Waals surface area contributed by atoms with Crippen LogP contribution in [0, 0.1) is 15.9 Å². The lowest BCUT2D eigenvalue weighted by Crippen LogP contribution is -2.27. The van der Waals surface area contributed by atoms with Gasteiger partial charge in [0, 0.05) is 18.2 Å². The number of nitro benzene ring substituents is 1. The van der Waals surface area contributed by atoms with E-state index in [0.29, 0.717) is 17.7 Å². The third kappa shape index (κ3) is 6.24. The van der Waals surface area contributed by atoms with Crippen LogP contribution in [0.25, 0.3) is 11.1 Å². The maximum atomic E-state index is 14.6. The molecule has 172 valence electrons. The monoisotopic (exact) mass is 446 g/mol. The molecule has 8 nitrogen and oxygen atoms in total. The molecule has 0 saturated carbocycles. The molecule has 3 rings (SSSR count). The molecule has 0 aliphatic carbocycles. The summed E-state index contributed by atoms with van der Waals surface area (Å²) in [4.78, 5) is 23.4. The van der Waals surface area contributed by atoms with E-state index in [1.54, 1.807) is 26.8 Å². The van der Waals surface area contributed by atoms with Crippen LogP contribution in [0.15, 0.2) is 36.4 Å². The number of ether oxygens (including phenoxy) is 3. The molecular weight excluding hydrogens is 419 g/mol. The number of hydrogen-bond donors (Lipinski definition) is 1. The van der Waals surface area contributed by atoms with Crippen LogP contribution in [-0.2, 0) is 20.8 Å². The zero-order chi connectivity index (χ0) is 23.3. The molecule has 32 heavy (non-hydrogen) atoms. The first kappa shape index (κ1) is 23.6. The Balaban J connectivity index is 2.00. The van der Waals surface area contributed by atoms with Crippen LogP contribution < -0.4 is 5.32 Å². The summed E-state index contributed by atoms with van der Waals surface area (Å²) in [7, 11) is 0. The molecule has 1 heterocycles. The second kappa shape index (κ2) is 10.1. The van der Waals surface area contributed by atoms with Crippen LogP contribution in [0.4, 0.5) is 20.6 Å². The number of nitrogens with zero attached hydrogens (tertiary/aromatic N) is 1. The Morgan fingerprint density at radius 2 is 2.00 bits per heavy atom. The van der Waals surface area contributed by atoms with Crippen molar-refractivity contribution >= 4 is 17.5 Å². The lowest BCUT2D eigenvalue weighted by Gasteiger charge is -2.24. The summed E-state index contributed by atoms with van der Waals surface area (Å²) in [6, 6.07) is 8.67. The number of benzene rings is 2. The van der Waals surface area contributed by atoms with Crippen molar-refractivity contribution in [3.8, 4) is 11.1 Å². The van der Waals surface area contributed by atoms with Gasteiger partial charge in [-0.25, -0.2) is 9.18 Å². The fourth-order valence-electron chi connectivity index (χ4n) is 3.37. The molecule has 1 saturated heterocycles. The predicted molar refractivity (Wildman–Crippen MR) is 117 cm³/mol. The molecule has 0 aromatic heterocycles. The highest BCUT2D eigenvalue weighted by molar-refractivity contribution is 5.90. The molecule has 2 aromatic rings. The third-order valence-electron chi connectivity index (χ3n) is 4.78. The van der Waals surface area contributed by atoms with Crippen LogP contribution >= 0.6 is 0 Å². The number of amides is 1. The minimum atomic E-state index is -0.832. The molecule has 1 amide bonds. The summed E-state index contributed by atoms with van der Waals surface area (Å²) in [5, 5.41) is 14.2. The minimum Gasteiger partial charge on any atom is -0.444 e. The van der Waals surface area contributed by atoms with E-state index in [4.69, 9.17) is 14.2 Å². The van der Waals surface area contributed by atoms with Gasteiger partial charge in [-0.1, -0.05) is 18.2 Å². The smallest absolute Gasteiger partial charge is 0.412 e. The first-order chi connectivity index (χ1) is 15.1. The number of rotatable bonds is 6. The van der Waals surface area contributed by atoms with Crippen molar-refractivity contribution in [2.24, 2.45) is 0 Å². The largest absolute Gasteiger partial charge is 0.444 e. The molecule has 0 bridgehead atoms. The van der Waals surface area contributed by atoms with Crippen LogP contribution in [0.5, 0.6) is 0 Å². The summed E-state index contributed by atoms with van der Waals surface area (Å²) in [6.07, 6.45) is 1.42. The number of halogens is 1. The van der Waals surface area contributed by atoms with Crippen molar-refractivity contribution in [1.29, 1.82) is 0 Å². The SMILES string of the molecule is CC(C)(C)OC(=O)Nc1cc(COC2CCCCO2)c(-c2ccccc2F)cc1[N+](=O)[O-]. The molecular formula is C23H27FN2O6. The van der Waals surface area contributed by atoms with E-state index in [9.17, 15) is 19.3 Å². The molecule has 1 aliphatic heterocycles. The third-order valence-corrected chi connectivity index (χ3v) is 4.78. The van der Waals surface area contributed by atoms with Gasteiger partial charge >= 0.3 is 6.09 Å². The number of nitro groups is 1. The van der Waals surface area contributed by atoms with Gasteiger partial charge in [0.1, 0.15) is 17.1 Å². The van der Waals surface area contributed by atoms with Crippen LogP contribution in [-0.4, -0.2) is 29.5 Å². The molecule has 1 atom stereocenters. The summed E-state index contributed by atoms with van der Waals surface area (Å²) in [6.45, 7) is 5.68. The number of anilines is 1. The van der Waals surface area contributed by atoms with E-state index in [1.165, 1.54) is 30.3 Å². The number of hydrogen-bond acceptors (Lipinski definition) is 6. The van der Waals surface area contributed by atoms with E-state index in [2.05, 4.69) is 5.32 Å². The number of carbonyl (C=O) groups excluding carboxylic acids is 1. The first-order valence-corrected chi connectivity index (χ1v) is 10.4. The van der Waals surface area contributed by atoms with E-state index >= 15 is 0 Å². The molecule has 9 heteroatoms. The quantitative estimate of drug-likeness (QED) is 0.445. The van der Waals surface area contributed by atoms with E-state index in [-0.39, 0.29) is 23.5 Å². The maximum absolute atomic E-state index is 14.6. The highest BCUT2D eigenvalue weighted by Crippen LogP contribution is 2.36. The molecule has 1 aliphatic rings. The molecule has 2 aromatic carbocycles. The highest BCUT2D eigenvalue weighted by Gasteiger charge is 2.25. The topological polar surface area (TPSA) is 99.9 Å². The lowest BCUT2D eigenvalue weighted by molar-refractivity contribution is -0.383. The summed E-state index contributed by atoms with van der Waals surface area (Å²) in [5.41, 5.74) is -0.251. The van der Waals surface area contributed by atoms with Gasteiger partial charge in [-0.15, -0.1) is 0 Å². The second-order valence-electron chi connectivity index (χ2n) is 8.50. The van der Waals surface area contributed by atoms with Gasteiger partial charge in [-0.3, -0.25) is 15.4 Å². The number of carbonyl (C=O) groups is 1. The summed E-state index contributed by atoms with van der Waals surface area (Å²) in [5.74, 6) is -0.523. The zero-order valence-electron chi connectivity index (χ0n) is 18.4. The van der Waals surface area contributed by atoms with Crippen molar-refractivity contribution in [2.75, 3.05) is 11.9 Å².